The van der Waals surface area contributed by atoms with Crippen LogP contribution in [0.4, 0.5) is 0 Å². The number of hydrogen-bond donors (Lipinski definition) is 1. The summed E-state index contributed by atoms with van der Waals surface area (Å²) in [5.41, 5.74) is 1.48. The number of rotatable bonds is 7. The van der Waals surface area contributed by atoms with Gasteiger partial charge in [-0.3, -0.25) is 0 Å². The Balaban J connectivity index is 2.68. The molecule has 0 heterocycles. The third kappa shape index (κ3) is 4.11. The molecule has 1 atom stereocenters. The van der Waals surface area contributed by atoms with Crippen molar-refractivity contribution in [3.05, 3.63) is 35.9 Å². The van der Waals surface area contributed by atoms with Crippen LogP contribution in [0.1, 0.15) is 39.7 Å². The van der Waals surface area contributed by atoms with E-state index in [1.807, 2.05) is 7.05 Å². The van der Waals surface area contributed by atoms with Crippen LogP contribution in [0.25, 0.3) is 0 Å². The van der Waals surface area contributed by atoms with Crippen molar-refractivity contribution in [3.63, 3.8) is 0 Å². The molecule has 2 nitrogen and oxygen atoms in total. The van der Waals surface area contributed by atoms with E-state index in [-0.39, 0.29) is 5.41 Å². The van der Waals surface area contributed by atoms with Gasteiger partial charge in [0.2, 0.25) is 0 Å². The van der Waals surface area contributed by atoms with Crippen molar-refractivity contribution in [2.75, 3.05) is 13.7 Å². The molecule has 1 aromatic rings. The maximum absolute atomic E-state index is 5.67. The maximum Gasteiger partial charge on any atom is 0.0518 e. The van der Waals surface area contributed by atoms with Gasteiger partial charge in [0.15, 0.2) is 0 Å². The lowest BCUT2D eigenvalue weighted by Gasteiger charge is -2.35. The number of likely N-dealkylation sites (N-methyl/N-ethyl adjacent to an activating group) is 1. The lowest BCUT2D eigenvalue weighted by molar-refractivity contribution is 0.0670. The van der Waals surface area contributed by atoms with Crippen molar-refractivity contribution >= 4 is 0 Å². The normalized spacial score (nSPS) is 13.9. The summed E-state index contributed by atoms with van der Waals surface area (Å²) in [6, 6.07) is 11.1. The van der Waals surface area contributed by atoms with Crippen LogP contribution in [0.15, 0.2) is 30.3 Å². The van der Waals surface area contributed by atoms with Gasteiger partial charge >= 0.3 is 0 Å². The molecule has 1 N–H and O–H groups in total. The second-order valence-electron chi connectivity index (χ2n) is 5.64. The van der Waals surface area contributed by atoms with Crippen molar-refractivity contribution in [2.24, 2.45) is 0 Å². The van der Waals surface area contributed by atoms with Gasteiger partial charge in [-0.25, -0.2) is 0 Å². The molecule has 102 valence electrons. The molecule has 0 radical (unpaired) electrons. The fourth-order valence-corrected chi connectivity index (χ4v) is 2.36. The predicted molar refractivity (Wildman–Crippen MR) is 78.0 cm³/mol. The quantitative estimate of drug-likeness (QED) is 0.800. The largest absolute Gasteiger partial charge is 0.379 e. The lowest BCUT2D eigenvalue weighted by Crippen LogP contribution is -2.44. The van der Waals surface area contributed by atoms with E-state index >= 15 is 0 Å². The molecule has 0 bridgehead atoms. The molecule has 2 heteroatoms. The topological polar surface area (TPSA) is 21.3 Å². The number of hydrogen-bond acceptors (Lipinski definition) is 2. The summed E-state index contributed by atoms with van der Waals surface area (Å²) in [5, 5.41) is 3.43. The SMILES string of the molecule is CNC(CCOC(C)C)C(C)(C)c1ccccc1. The van der Waals surface area contributed by atoms with Gasteiger partial charge in [-0.05, 0) is 32.9 Å². The van der Waals surface area contributed by atoms with Gasteiger partial charge in [-0.15, -0.1) is 0 Å². The molecule has 0 aromatic heterocycles. The molecule has 0 amide bonds. The Morgan fingerprint density at radius 2 is 1.78 bits per heavy atom. The first kappa shape index (κ1) is 15.2. The van der Waals surface area contributed by atoms with Crippen molar-refractivity contribution in [3.8, 4) is 0 Å². The van der Waals surface area contributed by atoms with Crippen molar-refractivity contribution < 1.29 is 4.74 Å². The molecule has 1 unspecified atom stereocenters. The van der Waals surface area contributed by atoms with Crippen LogP contribution in [0, 0.1) is 0 Å². The molecular weight excluding hydrogens is 222 g/mol. The second kappa shape index (κ2) is 6.91. The minimum Gasteiger partial charge on any atom is -0.379 e. The Morgan fingerprint density at radius 3 is 2.28 bits per heavy atom. The van der Waals surface area contributed by atoms with Crippen LogP contribution in [-0.4, -0.2) is 25.8 Å². The number of nitrogens with one attached hydrogen (secondary N) is 1. The molecule has 0 spiro atoms. The van der Waals surface area contributed by atoms with Crippen LogP contribution < -0.4 is 5.32 Å². The van der Waals surface area contributed by atoms with Gasteiger partial charge in [0.05, 0.1) is 6.10 Å². The maximum atomic E-state index is 5.67. The highest BCUT2D eigenvalue weighted by Gasteiger charge is 2.29. The third-order valence-corrected chi connectivity index (χ3v) is 3.60. The van der Waals surface area contributed by atoms with E-state index < -0.39 is 0 Å². The standard InChI is InChI=1S/C16H27NO/c1-13(2)18-12-11-15(17-5)16(3,4)14-9-7-6-8-10-14/h6-10,13,15,17H,11-12H2,1-5H3. The van der Waals surface area contributed by atoms with E-state index in [2.05, 4.69) is 63.3 Å². The fraction of sp³-hybridized carbons (Fsp3) is 0.625. The van der Waals surface area contributed by atoms with Gasteiger partial charge in [0.1, 0.15) is 0 Å². The Morgan fingerprint density at radius 1 is 1.17 bits per heavy atom. The first-order valence-corrected chi connectivity index (χ1v) is 6.83. The molecule has 0 aliphatic carbocycles. The summed E-state index contributed by atoms with van der Waals surface area (Å²) in [7, 11) is 2.03. The summed E-state index contributed by atoms with van der Waals surface area (Å²) in [6.45, 7) is 9.55. The Bertz CT molecular complexity index is 332. The van der Waals surface area contributed by atoms with E-state index in [9.17, 15) is 0 Å². The highest BCUT2D eigenvalue weighted by atomic mass is 16.5. The van der Waals surface area contributed by atoms with Gasteiger partial charge < -0.3 is 10.1 Å². The van der Waals surface area contributed by atoms with E-state index in [4.69, 9.17) is 4.74 Å². The molecule has 0 fully saturated rings. The summed E-state index contributed by atoms with van der Waals surface area (Å²) in [4.78, 5) is 0. The van der Waals surface area contributed by atoms with E-state index in [0.29, 0.717) is 12.1 Å². The molecule has 18 heavy (non-hydrogen) atoms. The van der Waals surface area contributed by atoms with Gasteiger partial charge in [-0.2, -0.15) is 0 Å². The Labute approximate surface area is 112 Å². The van der Waals surface area contributed by atoms with E-state index in [1.165, 1.54) is 5.56 Å². The first-order valence-electron chi connectivity index (χ1n) is 6.83. The average molecular weight is 249 g/mol. The summed E-state index contributed by atoms with van der Waals surface area (Å²) in [5.74, 6) is 0. The van der Waals surface area contributed by atoms with Crippen LogP contribution in [-0.2, 0) is 10.2 Å². The molecule has 0 aliphatic heterocycles. The molecule has 1 aromatic carbocycles. The molecule has 1 rings (SSSR count). The molecule has 0 saturated heterocycles. The summed E-state index contributed by atoms with van der Waals surface area (Å²) in [6.07, 6.45) is 1.33. The Hall–Kier alpha value is -0.860. The summed E-state index contributed by atoms with van der Waals surface area (Å²) < 4.78 is 5.67. The van der Waals surface area contributed by atoms with Crippen molar-refractivity contribution in [1.29, 1.82) is 0 Å². The van der Waals surface area contributed by atoms with E-state index in [0.717, 1.165) is 13.0 Å². The fourth-order valence-electron chi connectivity index (χ4n) is 2.36. The average Bonchev–Trinajstić information content (AvgIpc) is 2.35. The van der Waals surface area contributed by atoms with Crippen LogP contribution in [0.2, 0.25) is 0 Å². The van der Waals surface area contributed by atoms with E-state index in [1.54, 1.807) is 0 Å². The number of benzene rings is 1. The van der Waals surface area contributed by atoms with Gasteiger partial charge in [0.25, 0.3) is 0 Å². The Kier molecular flexibility index (Phi) is 5.83. The third-order valence-electron chi connectivity index (χ3n) is 3.60. The zero-order chi connectivity index (χ0) is 13.6. The second-order valence-corrected chi connectivity index (χ2v) is 5.64. The van der Waals surface area contributed by atoms with Crippen LogP contribution in [0.3, 0.4) is 0 Å². The zero-order valence-corrected chi connectivity index (χ0v) is 12.4. The van der Waals surface area contributed by atoms with Gasteiger partial charge in [0, 0.05) is 18.1 Å². The van der Waals surface area contributed by atoms with Crippen molar-refractivity contribution in [1.82, 2.24) is 5.32 Å². The first-order chi connectivity index (χ1) is 8.48. The minimum atomic E-state index is 0.107. The highest BCUT2D eigenvalue weighted by Crippen LogP contribution is 2.28. The minimum absolute atomic E-state index is 0.107. The molecular formula is C16H27NO. The lowest BCUT2D eigenvalue weighted by atomic mass is 9.76. The zero-order valence-electron chi connectivity index (χ0n) is 12.4. The predicted octanol–water partition coefficient (Wildman–Crippen LogP) is 3.37. The molecule has 0 saturated carbocycles. The van der Waals surface area contributed by atoms with Gasteiger partial charge in [-0.1, -0.05) is 44.2 Å². The van der Waals surface area contributed by atoms with Crippen LogP contribution >= 0.6 is 0 Å². The monoisotopic (exact) mass is 249 g/mol. The highest BCUT2D eigenvalue weighted by molar-refractivity contribution is 5.25. The number of ether oxygens (including phenoxy) is 1. The van der Waals surface area contributed by atoms with Crippen molar-refractivity contribution in [2.45, 2.75) is 51.7 Å². The molecule has 0 aliphatic rings. The smallest absolute Gasteiger partial charge is 0.0518 e. The van der Waals surface area contributed by atoms with Crippen LogP contribution in [0.5, 0.6) is 0 Å². The summed E-state index contributed by atoms with van der Waals surface area (Å²) >= 11 is 0.